The van der Waals surface area contributed by atoms with Crippen LogP contribution in [0.3, 0.4) is 0 Å². The molecule has 7 nitrogen and oxygen atoms in total. The molecule has 1 fully saturated rings. The zero-order valence-electron chi connectivity index (χ0n) is 19.3. The van der Waals surface area contributed by atoms with E-state index in [1.807, 2.05) is 39.8 Å². The van der Waals surface area contributed by atoms with Crippen molar-refractivity contribution < 1.29 is 22.3 Å². The van der Waals surface area contributed by atoms with Crippen molar-refractivity contribution >= 4 is 22.0 Å². The molecule has 0 aliphatic carbocycles. The number of benzene rings is 1. The van der Waals surface area contributed by atoms with Crippen LogP contribution in [0.4, 0.5) is 10.3 Å². The van der Waals surface area contributed by atoms with Gasteiger partial charge in [-0.25, -0.2) is 27.1 Å². The van der Waals surface area contributed by atoms with Crippen molar-refractivity contribution in [1.29, 1.82) is 0 Å². The number of ether oxygens (including phenoxy) is 2. The first-order chi connectivity index (χ1) is 14.9. The first-order valence-electron chi connectivity index (χ1n) is 10.5. The van der Waals surface area contributed by atoms with Crippen molar-refractivity contribution in [3.8, 4) is 11.3 Å². The van der Waals surface area contributed by atoms with Crippen LogP contribution in [0.1, 0.15) is 51.3 Å². The number of halogens is 1. The standard InChI is InChI=1S/C23H30FN3O4S/c1-15(2)20-19(12-11-18-13-14-30-23(3,4)31-18)21(16-7-9-17(24)10-8-16)26-22(25-20)27(5)32(6,28)29/h7-12,15,18H,13-14H2,1-6H3/b12-11+. The van der Waals surface area contributed by atoms with E-state index in [4.69, 9.17) is 9.47 Å². The summed E-state index contributed by atoms with van der Waals surface area (Å²) in [6.07, 6.45) is 5.50. The predicted molar refractivity (Wildman–Crippen MR) is 123 cm³/mol. The monoisotopic (exact) mass is 463 g/mol. The SMILES string of the molecule is CC(C)c1nc(N(C)S(C)(=O)=O)nc(-c2ccc(F)cc2)c1/C=C/C1CCOC(C)(C)O1. The summed E-state index contributed by atoms with van der Waals surface area (Å²) in [5.74, 6) is -0.992. The first-order valence-corrected chi connectivity index (χ1v) is 12.3. The van der Waals surface area contributed by atoms with Gasteiger partial charge in [0.1, 0.15) is 5.82 Å². The van der Waals surface area contributed by atoms with E-state index in [9.17, 15) is 12.8 Å². The second-order valence-corrected chi connectivity index (χ2v) is 10.6. The third kappa shape index (κ3) is 5.70. The number of rotatable bonds is 6. The summed E-state index contributed by atoms with van der Waals surface area (Å²) in [5, 5.41) is 0. The molecule has 32 heavy (non-hydrogen) atoms. The zero-order chi connectivity index (χ0) is 23.7. The molecule has 1 saturated heterocycles. The fraction of sp³-hybridized carbons (Fsp3) is 0.478. The molecule has 0 N–H and O–H groups in total. The van der Waals surface area contributed by atoms with Crippen molar-refractivity contribution in [3.05, 3.63) is 47.4 Å². The molecule has 1 aromatic carbocycles. The second-order valence-electron chi connectivity index (χ2n) is 8.62. The molecule has 9 heteroatoms. The van der Waals surface area contributed by atoms with Crippen LogP contribution in [0.5, 0.6) is 0 Å². The lowest BCUT2D eigenvalue weighted by Crippen LogP contribution is -2.38. The largest absolute Gasteiger partial charge is 0.350 e. The Bertz CT molecular complexity index is 1100. The Kier molecular flexibility index (Phi) is 7.02. The molecule has 1 unspecified atom stereocenters. The van der Waals surface area contributed by atoms with Crippen LogP contribution in [-0.2, 0) is 19.5 Å². The van der Waals surface area contributed by atoms with Gasteiger partial charge in [-0.05, 0) is 44.0 Å². The second kappa shape index (κ2) is 9.25. The van der Waals surface area contributed by atoms with Gasteiger partial charge in [0.2, 0.25) is 16.0 Å². The zero-order valence-corrected chi connectivity index (χ0v) is 20.1. The summed E-state index contributed by atoms with van der Waals surface area (Å²) in [7, 11) is -2.15. The van der Waals surface area contributed by atoms with Gasteiger partial charge in [0.05, 0.1) is 30.4 Å². The molecule has 0 radical (unpaired) electrons. The molecule has 0 spiro atoms. The smallest absolute Gasteiger partial charge is 0.239 e. The third-order valence-corrected chi connectivity index (χ3v) is 6.33. The highest BCUT2D eigenvalue weighted by Gasteiger charge is 2.28. The normalized spacial score (nSPS) is 18.9. The van der Waals surface area contributed by atoms with Gasteiger partial charge in [-0.15, -0.1) is 0 Å². The maximum Gasteiger partial charge on any atom is 0.239 e. The van der Waals surface area contributed by atoms with Crippen LogP contribution < -0.4 is 4.31 Å². The predicted octanol–water partition coefficient (Wildman–Crippen LogP) is 4.36. The van der Waals surface area contributed by atoms with Gasteiger partial charge >= 0.3 is 0 Å². The number of sulfonamides is 1. The van der Waals surface area contributed by atoms with Gasteiger partial charge < -0.3 is 9.47 Å². The minimum atomic E-state index is -3.56. The molecule has 2 heterocycles. The molecular weight excluding hydrogens is 433 g/mol. The summed E-state index contributed by atoms with van der Waals surface area (Å²) < 4.78 is 50.5. The van der Waals surface area contributed by atoms with Gasteiger partial charge in [0.15, 0.2) is 5.79 Å². The molecule has 3 rings (SSSR count). The van der Waals surface area contributed by atoms with Gasteiger partial charge in [-0.2, -0.15) is 0 Å². The van der Waals surface area contributed by atoms with Crippen molar-refractivity contribution in [2.24, 2.45) is 0 Å². The van der Waals surface area contributed by atoms with E-state index in [0.29, 0.717) is 30.0 Å². The van der Waals surface area contributed by atoms with E-state index in [1.165, 1.54) is 19.2 Å². The summed E-state index contributed by atoms with van der Waals surface area (Å²) in [5.41, 5.74) is 2.61. The van der Waals surface area contributed by atoms with Crippen molar-refractivity contribution in [1.82, 2.24) is 9.97 Å². The van der Waals surface area contributed by atoms with E-state index in [-0.39, 0.29) is 23.8 Å². The van der Waals surface area contributed by atoms with Crippen LogP contribution >= 0.6 is 0 Å². The molecular formula is C23H30FN3O4S. The first kappa shape index (κ1) is 24.3. The minimum Gasteiger partial charge on any atom is -0.350 e. The number of anilines is 1. The molecule has 1 aliphatic rings. The van der Waals surface area contributed by atoms with E-state index >= 15 is 0 Å². The van der Waals surface area contributed by atoms with Crippen molar-refractivity contribution in [2.75, 3.05) is 24.2 Å². The number of hydrogen-bond donors (Lipinski definition) is 0. The summed E-state index contributed by atoms with van der Waals surface area (Å²) in [6, 6.07) is 5.95. The van der Waals surface area contributed by atoms with Crippen LogP contribution in [-0.4, -0.2) is 50.2 Å². The minimum absolute atomic E-state index is 0.0180. The third-order valence-electron chi connectivity index (χ3n) is 5.17. The fourth-order valence-corrected chi connectivity index (χ4v) is 3.79. The Labute approximate surface area is 189 Å². The average molecular weight is 464 g/mol. The van der Waals surface area contributed by atoms with Gasteiger partial charge in [0.25, 0.3) is 0 Å². The quantitative estimate of drug-likeness (QED) is 0.633. The maximum atomic E-state index is 13.6. The molecule has 0 amide bonds. The Morgan fingerprint density at radius 1 is 1.22 bits per heavy atom. The van der Waals surface area contributed by atoms with Crippen LogP contribution in [0.2, 0.25) is 0 Å². The van der Waals surface area contributed by atoms with Gasteiger partial charge in [-0.1, -0.05) is 26.0 Å². The molecule has 0 saturated carbocycles. The Balaban J connectivity index is 2.17. The Hall–Kier alpha value is -2.36. The molecule has 2 aromatic rings. The molecule has 1 atom stereocenters. The highest BCUT2D eigenvalue weighted by Crippen LogP contribution is 2.32. The van der Waals surface area contributed by atoms with Crippen LogP contribution in [0, 0.1) is 5.82 Å². The molecule has 0 bridgehead atoms. The highest BCUT2D eigenvalue weighted by molar-refractivity contribution is 7.92. The Morgan fingerprint density at radius 3 is 2.44 bits per heavy atom. The number of nitrogens with zero attached hydrogens (tertiary/aromatic N) is 3. The van der Waals surface area contributed by atoms with Crippen molar-refractivity contribution in [3.63, 3.8) is 0 Å². The number of hydrogen-bond acceptors (Lipinski definition) is 6. The average Bonchev–Trinajstić information content (AvgIpc) is 2.70. The fourth-order valence-electron chi connectivity index (χ4n) is 3.41. The number of aromatic nitrogens is 2. The highest BCUT2D eigenvalue weighted by atomic mass is 32.2. The van der Waals surface area contributed by atoms with E-state index in [2.05, 4.69) is 9.97 Å². The molecule has 174 valence electrons. The maximum absolute atomic E-state index is 13.6. The van der Waals surface area contributed by atoms with E-state index < -0.39 is 15.8 Å². The molecule has 1 aromatic heterocycles. The van der Waals surface area contributed by atoms with Crippen LogP contribution in [0.15, 0.2) is 30.3 Å². The van der Waals surface area contributed by atoms with Gasteiger partial charge in [0, 0.05) is 24.6 Å². The lowest BCUT2D eigenvalue weighted by Gasteiger charge is -2.34. The van der Waals surface area contributed by atoms with Gasteiger partial charge in [-0.3, -0.25) is 0 Å². The lowest BCUT2D eigenvalue weighted by molar-refractivity contribution is -0.262. The lowest BCUT2D eigenvalue weighted by atomic mass is 9.97. The summed E-state index contributed by atoms with van der Waals surface area (Å²) in [4.78, 5) is 9.15. The van der Waals surface area contributed by atoms with Crippen molar-refractivity contribution in [2.45, 2.75) is 51.9 Å². The van der Waals surface area contributed by atoms with Crippen LogP contribution in [0.25, 0.3) is 17.3 Å². The van der Waals surface area contributed by atoms with E-state index in [1.54, 1.807) is 12.1 Å². The topological polar surface area (TPSA) is 81.6 Å². The summed E-state index contributed by atoms with van der Waals surface area (Å²) >= 11 is 0. The van der Waals surface area contributed by atoms with E-state index in [0.717, 1.165) is 16.1 Å². The molecule has 1 aliphatic heterocycles. The summed E-state index contributed by atoms with van der Waals surface area (Å²) in [6.45, 7) is 8.28. The Morgan fingerprint density at radius 2 is 1.88 bits per heavy atom.